The summed E-state index contributed by atoms with van der Waals surface area (Å²) in [7, 11) is 0. The van der Waals surface area contributed by atoms with Crippen LogP contribution in [0.15, 0.2) is 48.5 Å². The minimum atomic E-state index is -0.659. The summed E-state index contributed by atoms with van der Waals surface area (Å²) in [4.78, 5) is 0. The molecule has 138 valence electrons. The second-order valence-electron chi connectivity index (χ2n) is 7.81. The van der Waals surface area contributed by atoms with Crippen molar-refractivity contribution in [3.63, 3.8) is 0 Å². The fourth-order valence-electron chi connectivity index (χ4n) is 4.56. The number of halogens is 1. The van der Waals surface area contributed by atoms with Gasteiger partial charge >= 0.3 is 0 Å². The van der Waals surface area contributed by atoms with Gasteiger partial charge in [-0.15, -0.1) is 0 Å². The number of nitrogens with one attached hydrogen (secondary N) is 1. The third-order valence-corrected chi connectivity index (χ3v) is 6.52. The van der Waals surface area contributed by atoms with Crippen LogP contribution in [0.5, 0.6) is 5.75 Å². The van der Waals surface area contributed by atoms with E-state index in [4.69, 9.17) is 16.3 Å². The molecule has 0 saturated heterocycles. The highest BCUT2D eigenvalue weighted by atomic mass is 35.5. The Labute approximate surface area is 160 Å². The third kappa shape index (κ3) is 3.36. The van der Waals surface area contributed by atoms with Crippen molar-refractivity contribution >= 4 is 11.6 Å². The summed E-state index contributed by atoms with van der Waals surface area (Å²) in [6, 6.07) is 16.1. The smallest absolute Gasteiger partial charge is 0.131 e. The van der Waals surface area contributed by atoms with Gasteiger partial charge < -0.3 is 9.84 Å². The molecule has 1 saturated carbocycles. The maximum absolute atomic E-state index is 10.5. The second-order valence-corrected chi connectivity index (χ2v) is 8.25. The first-order chi connectivity index (χ1) is 12.6. The lowest BCUT2D eigenvalue weighted by molar-refractivity contribution is 0.0946. The molecule has 2 atom stereocenters. The number of para-hydroxylation sites is 1. The molecular weight excluding hydrogens is 346 g/mol. The molecule has 1 fully saturated rings. The van der Waals surface area contributed by atoms with E-state index < -0.39 is 6.23 Å². The Bertz CT molecular complexity index is 753. The molecule has 2 N–H and O–H groups in total. The SMILES string of the molecule is C[C@@H](NC(O)c1ccc(Cl)cc1)C1CCC2(CC1)COc1ccccc12. The average molecular weight is 372 g/mol. The molecule has 1 unspecified atom stereocenters. The Balaban J connectivity index is 1.37. The predicted octanol–water partition coefficient (Wildman–Crippen LogP) is 4.83. The van der Waals surface area contributed by atoms with Gasteiger partial charge in [-0.2, -0.15) is 0 Å². The summed E-state index contributed by atoms with van der Waals surface area (Å²) in [6.45, 7) is 3.00. The van der Waals surface area contributed by atoms with Crippen molar-refractivity contribution in [2.45, 2.75) is 50.3 Å². The van der Waals surface area contributed by atoms with Crippen LogP contribution >= 0.6 is 11.6 Å². The molecule has 0 bridgehead atoms. The normalized spacial score (nSPS) is 27.0. The van der Waals surface area contributed by atoms with Crippen LogP contribution in [0.25, 0.3) is 0 Å². The van der Waals surface area contributed by atoms with Gasteiger partial charge in [-0.25, -0.2) is 0 Å². The standard InChI is InChI=1S/C22H26ClNO2/c1-15(24-21(25)17-6-8-18(23)9-7-17)16-10-12-22(13-11-16)14-26-20-5-3-2-4-19(20)22/h2-9,15-16,21,24-25H,10-14H2,1H3/t15-,16?,21?,22?/m1/s1. The quantitative estimate of drug-likeness (QED) is 0.756. The van der Waals surface area contributed by atoms with Gasteiger partial charge in [0.05, 0.1) is 6.61 Å². The first-order valence-electron chi connectivity index (χ1n) is 9.49. The van der Waals surface area contributed by atoms with E-state index in [2.05, 4.69) is 30.4 Å². The fourth-order valence-corrected chi connectivity index (χ4v) is 4.68. The lowest BCUT2D eigenvalue weighted by Crippen LogP contribution is -2.41. The van der Waals surface area contributed by atoms with Crippen molar-refractivity contribution in [3.05, 3.63) is 64.7 Å². The van der Waals surface area contributed by atoms with Crippen LogP contribution in [-0.4, -0.2) is 17.8 Å². The Hall–Kier alpha value is -1.55. The molecule has 0 amide bonds. The van der Waals surface area contributed by atoms with Crippen molar-refractivity contribution in [2.24, 2.45) is 5.92 Å². The molecule has 2 aromatic rings. The Morgan fingerprint density at radius 2 is 1.81 bits per heavy atom. The molecule has 1 heterocycles. The van der Waals surface area contributed by atoms with Gasteiger partial charge in [0.1, 0.15) is 12.0 Å². The molecule has 1 aliphatic heterocycles. The Morgan fingerprint density at radius 3 is 2.54 bits per heavy atom. The molecule has 2 aromatic carbocycles. The Kier molecular flexibility index (Phi) is 4.96. The summed E-state index contributed by atoms with van der Waals surface area (Å²) in [5.74, 6) is 1.63. The van der Waals surface area contributed by atoms with Gasteiger partial charge in [0.25, 0.3) is 0 Å². The highest BCUT2D eigenvalue weighted by Gasteiger charge is 2.43. The molecule has 1 spiro atoms. The van der Waals surface area contributed by atoms with Gasteiger partial charge in [0.15, 0.2) is 0 Å². The van der Waals surface area contributed by atoms with Gasteiger partial charge in [-0.05, 0) is 62.3 Å². The predicted molar refractivity (Wildman–Crippen MR) is 105 cm³/mol. The minimum Gasteiger partial charge on any atom is -0.492 e. The lowest BCUT2D eigenvalue weighted by atomic mass is 9.66. The van der Waals surface area contributed by atoms with Crippen molar-refractivity contribution in [1.29, 1.82) is 0 Å². The average Bonchev–Trinajstić information content (AvgIpc) is 3.01. The fraction of sp³-hybridized carbons (Fsp3) is 0.455. The molecule has 0 radical (unpaired) electrons. The molecule has 1 aliphatic carbocycles. The molecule has 0 aromatic heterocycles. The Morgan fingerprint density at radius 1 is 1.12 bits per heavy atom. The van der Waals surface area contributed by atoms with Crippen molar-refractivity contribution < 1.29 is 9.84 Å². The van der Waals surface area contributed by atoms with Crippen LogP contribution in [0.2, 0.25) is 5.02 Å². The number of benzene rings is 2. The first-order valence-corrected chi connectivity index (χ1v) is 9.87. The molecular formula is C22H26ClNO2. The van der Waals surface area contributed by atoms with Crippen molar-refractivity contribution in [2.75, 3.05) is 6.61 Å². The summed E-state index contributed by atoms with van der Waals surface area (Å²) < 4.78 is 5.95. The van der Waals surface area contributed by atoms with Crippen LogP contribution in [0.4, 0.5) is 0 Å². The van der Waals surface area contributed by atoms with E-state index in [1.165, 1.54) is 5.56 Å². The number of rotatable bonds is 4. The maximum Gasteiger partial charge on any atom is 0.131 e. The molecule has 4 heteroatoms. The van der Waals surface area contributed by atoms with Crippen molar-refractivity contribution in [1.82, 2.24) is 5.32 Å². The molecule has 2 aliphatic rings. The monoisotopic (exact) mass is 371 g/mol. The van der Waals surface area contributed by atoms with E-state index in [1.807, 2.05) is 30.3 Å². The summed E-state index contributed by atoms with van der Waals surface area (Å²) in [6.07, 6.45) is 3.95. The third-order valence-electron chi connectivity index (χ3n) is 6.26. The van der Waals surface area contributed by atoms with Crippen LogP contribution < -0.4 is 10.1 Å². The summed E-state index contributed by atoms with van der Waals surface area (Å²) in [5.41, 5.74) is 2.44. The largest absolute Gasteiger partial charge is 0.492 e. The molecule has 3 nitrogen and oxygen atoms in total. The molecule has 26 heavy (non-hydrogen) atoms. The van der Waals surface area contributed by atoms with E-state index in [9.17, 15) is 5.11 Å². The number of hydrogen-bond donors (Lipinski definition) is 2. The molecule has 4 rings (SSSR count). The second kappa shape index (κ2) is 7.22. The van der Waals surface area contributed by atoms with Crippen LogP contribution in [0, 0.1) is 5.92 Å². The van der Waals surface area contributed by atoms with Crippen LogP contribution in [0.3, 0.4) is 0 Å². The minimum absolute atomic E-state index is 0.196. The van der Waals surface area contributed by atoms with Crippen LogP contribution in [-0.2, 0) is 5.41 Å². The van der Waals surface area contributed by atoms with Crippen LogP contribution in [0.1, 0.15) is 50.0 Å². The zero-order valence-corrected chi connectivity index (χ0v) is 15.9. The van der Waals surface area contributed by atoms with Gasteiger partial charge in [-0.1, -0.05) is 41.9 Å². The summed E-state index contributed by atoms with van der Waals surface area (Å²) in [5, 5.41) is 14.5. The van der Waals surface area contributed by atoms with Crippen molar-refractivity contribution in [3.8, 4) is 5.75 Å². The van der Waals surface area contributed by atoms with E-state index in [0.717, 1.165) is 43.6 Å². The topological polar surface area (TPSA) is 41.5 Å². The van der Waals surface area contributed by atoms with Gasteiger partial charge in [0.2, 0.25) is 0 Å². The van der Waals surface area contributed by atoms with Gasteiger partial charge in [-0.3, -0.25) is 5.32 Å². The maximum atomic E-state index is 10.5. The number of aliphatic hydroxyl groups is 1. The highest BCUT2D eigenvalue weighted by Crippen LogP contribution is 2.49. The number of hydrogen-bond acceptors (Lipinski definition) is 3. The zero-order chi connectivity index (χ0) is 18.1. The van der Waals surface area contributed by atoms with E-state index in [0.29, 0.717) is 10.9 Å². The highest BCUT2D eigenvalue weighted by molar-refractivity contribution is 6.30. The lowest BCUT2D eigenvalue weighted by Gasteiger charge is -2.39. The number of ether oxygens (including phenoxy) is 1. The van der Waals surface area contributed by atoms with E-state index >= 15 is 0 Å². The number of aliphatic hydroxyl groups excluding tert-OH is 1. The van der Waals surface area contributed by atoms with E-state index in [1.54, 1.807) is 0 Å². The van der Waals surface area contributed by atoms with E-state index in [-0.39, 0.29) is 11.5 Å². The number of fused-ring (bicyclic) bond motifs is 2. The summed E-state index contributed by atoms with van der Waals surface area (Å²) >= 11 is 5.93. The zero-order valence-electron chi connectivity index (χ0n) is 15.1. The first kappa shape index (κ1) is 17.8. The van der Waals surface area contributed by atoms with Gasteiger partial charge in [0, 0.05) is 22.0 Å².